The topological polar surface area (TPSA) is 72.2 Å². The third-order valence-electron chi connectivity index (χ3n) is 3.00. The molecule has 1 atom stereocenters. The van der Waals surface area contributed by atoms with Crippen LogP contribution in [0.15, 0.2) is 46.7 Å². The van der Waals surface area contributed by atoms with E-state index in [1.165, 1.54) is 10.9 Å². The number of thiophene rings is 1. The zero-order valence-corrected chi connectivity index (χ0v) is 13.0. The minimum Gasteiger partial charge on any atom is -0.377 e. The van der Waals surface area contributed by atoms with E-state index in [1.54, 1.807) is 23.5 Å². The van der Waals surface area contributed by atoms with E-state index >= 15 is 0 Å². The summed E-state index contributed by atoms with van der Waals surface area (Å²) < 4.78 is 22.8. The molecule has 6 heteroatoms. The number of nitrogens with one attached hydrogen (secondary N) is 1. The summed E-state index contributed by atoms with van der Waals surface area (Å²) in [5.41, 5.74) is 0.753. The highest BCUT2D eigenvalue weighted by Crippen LogP contribution is 2.30. The number of primary sulfonamides is 1. The standard InChI is InChI=1S/C14H18N2O2S2/c1-10(2)14(13-7-4-8-19-13)16-11-5-3-6-12(9-11)20(15,17)18/h3-10,14,16H,1-2H3,(H2,15,17,18). The summed E-state index contributed by atoms with van der Waals surface area (Å²) in [6, 6.07) is 10.8. The van der Waals surface area contributed by atoms with E-state index in [2.05, 4.69) is 25.2 Å². The van der Waals surface area contributed by atoms with Crippen LogP contribution in [0.4, 0.5) is 5.69 Å². The molecule has 0 aliphatic heterocycles. The second-order valence-corrected chi connectivity index (χ2v) is 7.49. The fourth-order valence-corrected chi connectivity index (χ4v) is 3.49. The molecule has 20 heavy (non-hydrogen) atoms. The Bertz CT molecular complexity index is 664. The van der Waals surface area contributed by atoms with E-state index in [0.29, 0.717) is 5.92 Å². The van der Waals surface area contributed by atoms with Crippen LogP contribution < -0.4 is 10.5 Å². The Labute approximate surface area is 123 Å². The van der Waals surface area contributed by atoms with E-state index < -0.39 is 10.0 Å². The van der Waals surface area contributed by atoms with Crippen LogP contribution in [-0.4, -0.2) is 8.42 Å². The molecule has 0 bridgehead atoms. The lowest BCUT2D eigenvalue weighted by atomic mass is 10.0. The lowest BCUT2D eigenvalue weighted by Gasteiger charge is -2.22. The fourth-order valence-electron chi connectivity index (χ4n) is 1.98. The highest BCUT2D eigenvalue weighted by molar-refractivity contribution is 7.89. The van der Waals surface area contributed by atoms with Gasteiger partial charge in [-0.2, -0.15) is 0 Å². The second kappa shape index (κ2) is 5.95. The normalized spacial score (nSPS) is 13.4. The summed E-state index contributed by atoms with van der Waals surface area (Å²) in [5.74, 6) is 0.381. The van der Waals surface area contributed by atoms with Gasteiger partial charge in [0.25, 0.3) is 0 Å². The van der Waals surface area contributed by atoms with Gasteiger partial charge < -0.3 is 5.32 Å². The number of sulfonamides is 1. The molecule has 0 spiro atoms. The Kier molecular flexibility index (Phi) is 4.47. The minimum atomic E-state index is -3.67. The van der Waals surface area contributed by atoms with Crippen LogP contribution in [0.1, 0.15) is 24.8 Å². The first kappa shape index (κ1) is 15.0. The van der Waals surface area contributed by atoms with E-state index in [-0.39, 0.29) is 10.9 Å². The number of nitrogens with two attached hydrogens (primary N) is 1. The van der Waals surface area contributed by atoms with E-state index in [4.69, 9.17) is 5.14 Å². The van der Waals surface area contributed by atoms with Crippen molar-refractivity contribution in [2.75, 3.05) is 5.32 Å². The third kappa shape index (κ3) is 3.59. The Hall–Kier alpha value is -1.37. The second-order valence-electron chi connectivity index (χ2n) is 4.95. The molecule has 1 aromatic heterocycles. The predicted molar refractivity (Wildman–Crippen MR) is 83.3 cm³/mol. The van der Waals surface area contributed by atoms with E-state index in [0.717, 1.165) is 5.69 Å². The maximum atomic E-state index is 11.4. The van der Waals surface area contributed by atoms with Crippen LogP contribution in [0, 0.1) is 5.92 Å². The van der Waals surface area contributed by atoms with Crippen molar-refractivity contribution in [2.24, 2.45) is 11.1 Å². The molecule has 0 saturated carbocycles. The largest absolute Gasteiger partial charge is 0.377 e. The van der Waals surface area contributed by atoms with Gasteiger partial charge in [-0.3, -0.25) is 0 Å². The maximum absolute atomic E-state index is 11.4. The average Bonchev–Trinajstić information content (AvgIpc) is 2.88. The highest BCUT2D eigenvalue weighted by Gasteiger charge is 2.17. The van der Waals surface area contributed by atoms with Crippen molar-refractivity contribution < 1.29 is 8.42 Å². The molecular formula is C14H18N2O2S2. The summed E-state index contributed by atoms with van der Waals surface area (Å²) in [6.07, 6.45) is 0. The molecule has 0 fully saturated rings. The molecular weight excluding hydrogens is 292 g/mol. The SMILES string of the molecule is CC(C)C(Nc1cccc(S(N)(=O)=O)c1)c1cccs1. The number of hydrogen-bond acceptors (Lipinski definition) is 4. The number of hydrogen-bond donors (Lipinski definition) is 2. The molecule has 108 valence electrons. The van der Waals surface area contributed by atoms with Crippen molar-refractivity contribution in [3.63, 3.8) is 0 Å². The Morgan fingerprint density at radius 3 is 2.50 bits per heavy atom. The van der Waals surface area contributed by atoms with E-state index in [9.17, 15) is 8.42 Å². The third-order valence-corrected chi connectivity index (χ3v) is 4.87. The Morgan fingerprint density at radius 1 is 1.20 bits per heavy atom. The number of anilines is 1. The summed E-state index contributed by atoms with van der Waals surface area (Å²) in [5, 5.41) is 10.6. The summed E-state index contributed by atoms with van der Waals surface area (Å²) in [4.78, 5) is 1.34. The van der Waals surface area contributed by atoms with Gasteiger partial charge in [-0.05, 0) is 35.6 Å². The van der Waals surface area contributed by atoms with Crippen LogP contribution in [0.3, 0.4) is 0 Å². The van der Waals surface area contributed by atoms with Gasteiger partial charge in [0.2, 0.25) is 10.0 Å². The summed E-state index contributed by atoms with van der Waals surface area (Å²) in [6.45, 7) is 4.25. The van der Waals surface area contributed by atoms with Gasteiger partial charge in [-0.15, -0.1) is 11.3 Å². The molecule has 0 saturated heterocycles. The van der Waals surface area contributed by atoms with Crippen molar-refractivity contribution in [2.45, 2.75) is 24.8 Å². The summed E-state index contributed by atoms with van der Waals surface area (Å²) >= 11 is 1.68. The average molecular weight is 310 g/mol. The van der Waals surface area contributed by atoms with Crippen molar-refractivity contribution in [1.29, 1.82) is 0 Å². The molecule has 2 rings (SSSR count). The van der Waals surface area contributed by atoms with Gasteiger partial charge in [-0.25, -0.2) is 13.6 Å². The van der Waals surface area contributed by atoms with Crippen LogP contribution in [0.5, 0.6) is 0 Å². The molecule has 1 heterocycles. The van der Waals surface area contributed by atoms with Crippen molar-refractivity contribution >= 4 is 27.0 Å². The van der Waals surface area contributed by atoms with Crippen molar-refractivity contribution in [3.8, 4) is 0 Å². The zero-order chi connectivity index (χ0) is 14.8. The zero-order valence-electron chi connectivity index (χ0n) is 11.4. The molecule has 0 radical (unpaired) electrons. The first-order valence-corrected chi connectivity index (χ1v) is 8.73. The monoisotopic (exact) mass is 310 g/mol. The lowest BCUT2D eigenvalue weighted by Crippen LogP contribution is -2.16. The Morgan fingerprint density at radius 2 is 1.95 bits per heavy atom. The van der Waals surface area contributed by atoms with Gasteiger partial charge in [-0.1, -0.05) is 26.0 Å². The molecule has 0 amide bonds. The molecule has 3 N–H and O–H groups in total. The molecule has 1 aromatic carbocycles. The van der Waals surface area contributed by atoms with Crippen molar-refractivity contribution in [3.05, 3.63) is 46.7 Å². The van der Waals surface area contributed by atoms with Gasteiger partial charge in [0.05, 0.1) is 10.9 Å². The fraction of sp³-hybridized carbons (Fsp3) is 0.286. The Balaban J connectivity index is 2.28. The highest BCUT2D eigenvalue weighted by atomic mass is 32.2. The van der Waals surface area contributed by atoms with Gasteiger partial charge in [0, 0.05) is 10.6 Å². The van der Waals surface area contributed by atoms with Gasteiger partial charge in [0.1, 0.15) is 0 Å². The lowest BCUT2D eigenvalue weighted by molar-refractivity contribution is 0.553. The van der Waals surface area contributed by atoms with Crippen LogP contribution >= 0.6 is 11.3 Å². The van der Waals surface area contributed by atoms with Gasteiger partial charge >= 0.3 is 0 Å². The van der Waals surface area contributed by atoms with Crippen LogP contribution in [0.2, 0.25) is 0 Å². The molecule has 1 unspecified atom stereocenters. The van der Waals surface area contributed by atoms with Crippen LogP contribution in [-0.2, 0) is 10.0 Å². The minimum absolute atomic E-state index is 0.121. The molecule has 0 aliphatic carbocycles. The first-order chi connectivity index (χ1) is 9.38. The predicted octanol–water partition coefficient (Wildman–Crippen LogP) is 3.20. The smallest absolute Gasteiger partial charge is 0.238 e. The first-order valence-electron chi connectivity index (χ1n) is 6.31. The van der Waals surface area contributed by atoms with Crippen LogP contribution in [0.25, 0.3) is 0 Å². The molecule has 0 aliphatic rings. The molecule has 2 aromatic rings. The number of benzene rings is 1. The molecule has 4 nitrogen and oxygen atoms in total. The summed E-state index contributed by atoms with van der Waals surface area (Å²) in [7, 11) is -3.67. The maximum Gasteiger partial charge on any atom is 0.238 e. The quantitative estimate of drug-likeness (QED) is 0.890. The van der Waals surface area contributed by atoms with Crippen molar-refractivity contribution in [1.82, 2.24) is 0 Å². The number of rotatable bonds is 5. The van der Waals surface area contributed by atoms with Gasteiger partial charge in [0.15, 0.2) is 0 Å². The van der Waals surface area contributed by atoms with E-state index in [1.807, 2.05) is 17.5 Å².